The molecule has 0 N–H and O–H groups in total. The van der Waals surface area contributed by atoms with Gasteiger partial charge >= 0.3 is 0 Å². The lowest BCUT2D eigenvalue weighted by atomic mass is 9.77. The van der Waals surface area contributed by atoms with Crippen LogP contribution in [-0.2, 0) is 11.3 Å². The minimum Gasteiger partial charge on any atom is -0.373 e. The standard InChI is InChI=1S/C28H36O/c1-3-5-7-21-29-22-24-11-15-26(16-12-24)28-19-17-27(18-20-28)25-13-9-23(10-14-25)8-6-4-2/h4-7,11-12,15-20,23,25H,3,8-10,13-14,21-22H2,1-2H3/b6-4+,7-5?. The number of allylic oxidation sites excluding steroid dienone is 3. The van der Waals surface area contributed by atoms with E-state index in [9.17, 15) is 0 Å². The minimum absolute atomic E-state index is 0.671. The van der Waals surface area contributed by atoms with Crippen molar-refractivity contribution in [1.29, 1.82) is 0 Å². The van der Waals surface area contributed by atoms with E-state index >= 15 is 0 Å². The molecule has 0 unspecified atom stereocenters. The number of benzene rings is 2. The van der Waals surface area contributed by atoms with Gasteiger partial charge in [-0.2, -0.15) is 0 Å². The maximum atomic E-state index is 5.69. The van der Waals surface area contributed by atoms with E-state index in [0.29, 0.717) is 13.2 Å². The lowest BCUT2D eigenvalue weighted by Crippen LogP contribution is -2.12. The average molecular weight is 389 g/mol. The van der Waals surface area contributed by atoms with Crippen molar-refractivity contribution in [3.8, 4) is 11.1 Å². The Labute approximate surface area is 177 Å². The molecule has 1 aliphatic carbocycles. The predicted octanol–water partition coefficient (Wildman–Crippen LogP) is 8.08. The molecule has 0 amide bonds. The monoisotopic (exact) mass is 388 g/mol. The van der Waals surface area contributed by atoms with Crippen molar-refractivity contribution in [2.24, 2.45) is 5.92 Å². The van der Waals surface area contributed by atoms with E-state index < -0.39 is 0 Å². The van der Waals surface area contributed by atoms with Crippen LogP contribution in [0.1, 0.15) is 69.4 Å². The smallest absolute Gasteiger partial charge is 0.0721 e. The summed E-state index contributed by atoms with van der Waals surface area (Å²) in [5.41, 5.74) is 5.32. The van der Waals surface area contributed by atoms with Crippen molar-refractivity contribution in [2.75, 3.05) is 6.61 Å². The van der Waals surface area contributed by atoms with Crippen molar-refractivity contribution in [3.63, 3.8) is 0 Å². The second kappa shape index (κ2) is 11.8. The zero-order chi connectivity index (χ0) is 20.3. The summed E-state index contributed by atoms with van der Waals surface area (Å²) in [6.07, 6.45) is 16.5. The molecular formula is C28H36O. The number of ether oxygens (including phenoxy) is 1. The van der Waals surface area contributed by atoms with Crippen LogP contribution in [0.4, 0.5) is 0 Å². The molecule has 0 radical (unpaired) electrons. The number of hydrogen-bond acceptors (Lipinski definition) is 1. The zero-order valence-corrected chi connectivity index (χ0v) is 18.1. The molecule has 3 rings (SSSR count). The van der Waals surface area contributed by atoms with E-state index in [2.05, 4.69) is 86.7 Å². The highest BCUT2D eigenvalue weighted by Gasteiger charge is 2.21. The van der Waals surface area contributed by atoms with Gasteiger partial charge in [0.2, 0.25) is 0 Å². The van der Waals surface area contributed by atoms with Crippen molar-refractivity contribution in [2.45, 2.75) is 64.9 Å². The molecule has 29 heavy (non-hydrogen) atoms. The fraction of sp³-hybridized carbons (Fsp3) is 0.429. The highest BCUT2D eigenvalue weighted by molar-refractivity contribution is 5.64. The van der Waals surface area contributed by atoms with Gasteiger partial charge < -0.3 is 4.74 Å². The molecule has 0 atom stereocenters. The van der Waals surface area contributed by atoms with Crippen LogP contribution in [0, 0.1) is 5.92 Å². The molecule has 1 fully saturated rings. The van der Waals surface area contributed by atoms with Crippen LogP contribution in [0.25, 0.3) is 11.1 Å². The summed E-state index contributed by atoms with van der Waals surface area (Å²) < 4.78 is 5.69. The molecule has 0 aromatic heterocycles. The van der Waals surface area contributed by atoms with E-state index in [1.54, 1.807) is 0 Å². The molecule has 1 heteroatoms. The Kier molecular flexibility index (Phi) is 8.77. The molecule has 0 bridgehead atoms. The number of rotatable bonds is 9. The fourth-order valence-electron chi connectivity index (χ4n) is 4.28. The van der Waals surface area contributed by atoms with Gasteiger partial charge in [-0.1, -0.05) is 79.8 Å². The summed E-state index contributed by atoms with van der Waals surface area (Å²) in [5.74, 6) is 1.64. The molecule has 0 spiro atoms. The Morgan fingerprint density at radius 2 is 1.48 bits per heavy atom. The van der Waals surface area contributed by atoms with Gasteiger partial charge in [0.1, 0.15) is 0 Å². The van der Waals surface area contributed by atoms with Crippen molar-refractivity contribution in [1.82, 2.24) is 0 Å². The SMILES string of the molecule is C/C=C/CC1CCC(c2ccc(-c3ccc(COCC=CCC)cc3)cc2)CC1. The summed E-state index contributed by atoms with van der Waals surface area (Å²) in [6.45, 7) is 5.62. The van der Waals surface area contributed by atoms with E-state index in [0.717, 1.165) is 18.3 Å². The van der Waals surface area contributed by atoms with Crippen molar-refractivity contribution in [3.05, 3.63) is 84.0 Å². The fourth-order valence-corrected chi connectivity index (χ4v) is 4.28. The van der Waals surface area contributed by atoms with Crippen molar-refractivity contribution < 1.29 is 4.74 Å². The molecule has 0 heterocycles. The molecule has 1 nitrogen and oxygen atoms in total. The van der Waals surface area contributed by atoms with Gasteiger partial charge in [-0.3, -0.25) is 0 Å². The molecule has 0 aliphatic heterocycles. The van der Waals surface area contributed by atoms with Gasteiger partial charge in [0.05, 0.1) is 13.2 Å². The van der Waals surface area contributed by atoms with Crippen molar-refractivity contribution >= 4 is 0 Å². The zero-order valence-electron chi connectivity index (χ0n) is 18.1. The first-order chi connectivity index (χ1) is 14.3. The third-order valence-corrected chi connectivity index (χ3v) is 6.11. The van der Waals surface area contributed by atoms with Gasteiger partial charge in [-0.05, 0) is 79.5 Å². The quantitative estimate of drug-likeness (QED) is 0.311. The Morgan fingerprint density at radius 3 is 2.10 bits per heavy atom. The predicted molar refractivity (Wildman–Crippen MR) is 125 cm³/mol. The first-order valence-corrected chi connectivity index (χ1v) is 11.3. The lowest BCUT2D eigenvalue weighted by molar-refractivity contribution is 0.148. The van der Waals surface area contributed by atoms with Crippen LogP contribution in [0.3, 0.4) is 0 Å². The molecule has 2 aromatic rings. The maximum absolute atomic E-state index is 5.69. The molecular weight excluding hydrogens is 352 g/mol. The van der Waals surface area contributed by atoms with Crippen LogP contribution in [0.2, 0.25) is 0 Å². The third kappa shape index (κ3) is 6.72. The van der Waals surface area contributed by atoms with Crippen LogP contribution in [0.15, 0.2) is 72.8 Å². The van der Waals surface area contributed by atoms with Gasteiger partial charge in [0, 0.05) is 0 Å². The Bertz CT molecular complexity index is 759. The highest BCUT2D eigenvalue weighted by atomic mass is 16.5. The van der Waals surface area contributed by atoms with E-state index in [1.807, 2.05) is 0 Å². The van der Waals surface area contributed by atoms with Gasteiger partial charge in [-0.25, -0.2) is 0 Å². The van der Waals surface area contributed by atoms with Crippen LogP contribution in [0.5, 0.6) is 0 Å². The summed E-state index contributed by atoms with van der Waals surface area (Å²) in [4.78, 5) is 0. The van der Waals surface area contributed by atoms with Gasteiger partial charge in [-0.15, -0.1) is 0 Å². The first-order valence-electron chi connectivity index (χ1n) is 11.3. The largest absolute Gasteiger partial charge is 0.373 e. The first kappa shape index (κ1) is 21.6. The van der Waals surface area contributed by atoms with Gasteiger partial charge in [0.15, 0.2) is 0 Å². The molecule has 0 saturated heterocycles. The van der Waals surface area contributed by atoms with Crippen LogP contribution in [-0.4, -0.2) is 6.61 Å². The summed E-state index contributed by atoms with van der Waals surface area (Å²) in [6, 6.07) is 18.1. The summed E-state index contributed by atoms with van der Waals surface area (Å²) in [5, 5.41) is 0. The Hall–Kier alpha value is -2.12. The molecule has 154 valence electrons. The average Bonchev–Trinajstić information content (AvgIpc) is 2.78. The molecule has 1 saturated carbocycles. The minimum atomic E-state index is 0.671. The Balaban J connectivity index is 1.51. The Morgan fingerprint density at radius 1 is 0.828 bits per heavy atom. The molecule has 2 aromatic carbocycles. The number of hydrogen-bond donors (Lipinski definition) is 0. The third-order valence-electron chi connectivity index (χ3n) is 6.11. The van der Waals surface area contributed by atoms with Crippen LogP contribution >= 0.6 is 0 Å². The second-order valence-corrected chi connectivity index (χ2v) is 8.24. The van der Waals surface area contributed by atoms with E-state index in [1.165, 1.54) is 54.4 Å². The molecule has 1 aliphatic rings. The summed E-state index contributed by atoms with van der Waals surface area (Å²) >= 11 is 0. The maximum Gasteiger partial charge on any atom is 0.0721 e. The van der Waals surface area contributed by atoms with E-state index in [-0.39, 0.29) is 0 Å². The van der Waals surface area contributed by atoms with Gasteiger partial charge in [0.25, 0.3) is 0 Å². The highest BCUT2D eigenvalue weighted by Crippen LogP contribution is 2.37. The lowest BCUT2D eigenvalue weighted by Gasteiger charge is -2.28. The van der Waals surface area contributed by atoms with E-state index in [4.69, 9.17) is 4.74 Å². The topological polar surface area (TPSA) is 9.23 Å². The second-order valence-electron chi connectivity index (χ2n) is 8.24. The summed E-state index contributed by atoms with van der Waals surface area (Å²) in [7, 11) is 0. The van der Waals surface area contributed by atoms with Crippen LogP contribution < -0.4 is 0 Å². The normalized spacial score (nSPS) is 19.9.